The first-order chi connectivity index (χ1) is 25.5. The van der Waals surface area contributed by atoms with Gasteiger partial charge in [0.05, 0.1) is 27.8 Å². The van der Waals surface area contributed by atoms with Gasteiger partial charge in [0.25, 0.3) is 0 Å². The smallest absolute Gasteiger partial charge is 0.0936 e. The molecular formula is C43H43Cl2N9. The molecule has 0 aliphatic carbocycles. The molecule has 9 nitrogen and oxygen atoms in total. The lowest BCUT2D eigenvalue weighted by Crippen LogP contribution is -2.27. The zero-order valence-corrected chi connectivity index (χ0v) is 32.0. The Bertz CT molecular complexity index is 2620. The molecule has 8 aromatic rings. The SMILES string of the molecule is Cl.Cl.Cn1cc2cc(-c3cc4ccc(C5=CCNCC5)cc4nn3)ccc2n1.Cn1cc2cc(-c3ccc4nc(C5CCNCC5)ccc4c3)ccc2n1. The summed E-state index contributed by atoms with van der Waals surface area (Å²) in [6, 6.07) is 32.3. The van der Waals surface area contributed by atoms with Crippen LogP contribution in [0.3, 0.4) is 0 Å². The number of aromatic nitrogens is 7. The fourth-order valence-electron chi connectivity index (χ4n) is 7.56. The minimum atomic E-state index is 0. The van der Waals surface area contributed by atoms with Gasteiger partial charge in [-0.1, -0.05) is 42.5 Å². The molecule has 2 aliphatic heterocycles. The van der Waals surface area contributed by atoms with Crippen molar-refractivity contribution in [2.75, 3.05) is 26.2 Å². The highest BCUT2D eigenvalue weighted by Crippen LogP contribution is 2.30. The van der Waals surface area contributed by atoms with Crippen molar-refractivity contribution >= 4 is 74.0 Å². The largest absolute Gasteiger partial charge is 0.317 e. The summed E-state index contributed by atoms with van der Waals surface area (Å²) >= 11 is 0. The standard InChI is InChI=1S/C22H22N4.C21H19N5.2ClH/c1-26-14-19-13-17(3-7-22(19)25-26)16-2-5-21-18(12-16)4-6-20(24-21)15-8-10-23-11-9-15;1-26-13-18-10-16(4-5-19(18)25-26)21-12-17-3-2-15(11-20(17)23-24-21)14-6-8-22-9-7-14;;/h2-7,12-15,23H,8-11H2,1H3;2-6,10-13,22H,7-9H2,1H3;2*1H. The van der Waals surface area contributed by atoms with Crippen LogP contribution in [0.4, 0.5) is 0 Å². The van der Waals surface area contributed by atoms with Gasteiger partial charge in [-0.05, 0) is 116 Å². The number of pyridine rings is 1. The summed E-state index contributed by atoms with van der Waals surface area (Å²) in [6.45, 7) is 4.17. The molecule has 54 heavy (non-hydrogen) atoms. The molecule has 0 spiro atoms. The van der Waals surface area contributed by atoms with Gasteiger partial charge in [-0.3, -0.25) is 14.3 Å². The molecule has 4 aromatic heterocycles. The zero-order valence-electron chi connectivity index (χ0n) is 30.4. The number of benzene rings is 4. The van der Waals surface area contributed by atoms with Crippen LogP contribution < -0.4 is 10.6 Å². The first-order valence-electron chi connectivity index (χ1n) is 18.2. The van der Waals surface area contributed by atoms with E-state index in [1.54, 1.807) is 0 Å². The summed E-state index contributed by atoms with van der Waals surface area (Å²) in [7, 11) is 3.90. The molecule has 1 saturated heterocycles. The normalized spacial score (nSPS) is 14.7. The molecule has 2 aliphatic rings. The molecule has 0 radical (unpaired) electrons. The highest BCUT2D eigenvalue weighted by molar-refractivity contribution is 5.90. The second-order valence-electron chi connectivity index (χ2n) is 14.0. The van der Waals surface area contributed by atoms with Gasteiger partial charge in [-0.15, -0.1) is 35.0 Å². The van der Waals surface area contributed by atoms with E-state index in [2.05, 4.69) is 128 Å². The molecule has 0 saturated carbocycles. The molecule has 0 bridgehead atoms. The predicted octanol–water partition coefficient (Wildman–Crippen LogP) is 8.66. The Morgan fingerprint density at radius 1 is 0.556 bits per heavy atom. The highest BCUT2D eigenvalue weighted by atomic mass is 35.5. The molecule has 1 fully saturated rings. The van der Waals surface area contributed by atoms with Crippen LogP contribution in [-0.4, -0.2) is 60.9 Å². The first kappa shape index (κ1) is 37.1. The molecule has 274 valence electrons. The van der Waals surface area contributed by atoms with E-state index in [0.29, 0.717) is 5.92 Å². The van der Waals surface area contributed by atoms with Crippen molar-refractivity contribution in [1.29, 1.82) is 0 Å². The molecule has 10 rings (SSSR count). The number of piperidine rings is 1. The monoisotopic (exact) mass is 755 g/mol. The summed E-state index contributed by atoms with van der Waals surface area (Å²) in [5.41, 5.74) is 12.3. The van der Waals surface area contributed by atoms with E-state index >= 15 is 0 Å². The van der Waals surface area contributed by atoms with E-state index in [0.717, 1.165) is 76.7 Å². The fraction of sp³-hybridized carbons (Fsp3) is 0.233. The topological polar surface area (TPSA) is 98.4 Å². The van der Waals surface area contributed by atoms with Crippen molar-refractivity contribution in [2.24, 2.45) is 14.1 Å². The van der Waals surface area contributed by atoms with Crippen LogP contribution in [0.25, 0.3) is 71.6 Å². The van der Waals surface area contributed by atoms with Crippen molar-refractivity contribution in [1.82, 2.24) is 45.4 Å². The Balaban J connectivity index is 0.000000161. The van der Waals surface area contributed by atoms with Crippen LogP contribution >= 0.6 is 24.8 Å². The van der Waals surface area contributed by atoms with Crippen LogP contribution in [0.2, 0.25) is 0 Å². The van der Waals surface area contributed by atoms with Crippen LogP contribution in [-0.2, 0) is 14.1 Å². The quantitative estimate of drug-likeness (QED) is 0.186. The lowest BCUT2D eigenvalue weighted by Gasteiger charge is -2.22. The summed E-state index contributed by atoms with van der Waals surface area (Å²) in [4.78, 5) is 4.95. The second kappa shape index (κ2) is 16.0. The zero-order chi connectivity index (χ0) is 35.0. The molecule has 2 N–H and O–H groups in total. The van der Waals surface area contributed by atoms with Crippen molar-refractivity contribution in [3.8, 4) is 22.4 Å². The third-order valence-corrected chi connectivity index (χ3v) is 10.4. The Hall–Kier alpha value is -5.19. The number of halogens is 2. The fourth-order valence-corrected chi connectivity index (χ4v) is 7.56. The molecule has 11 heteroatoms. The van der Waals surface area contributed by atoms with Crippen LogP contribution in [0, 0.1) is 0 Å². The third kappa shape index (κ3) is 7.72. The predicted molar refractivity (Wildman–Crippen MR) is 226 cm³/mol. The molecular weight excluding hydrogens is 713 g/mol. The maximum atomic E-state index is 4.95. The van der Waals surface area contributed by atoms with Gasteiger partial charge < -0.3 is 10.6 Å². The van der Waals surface area contributed by atoms with Gasteiger partial charge in [0.1, 0.15) is 0 Å². The van der Waals surface area contributed by atoms with Crippen LogP contribution in [0.1, 0.15) is 36.4 Å². The molecule has 4 aromatic carbocycles. The molecule has 0 unspecified atom stereocenters. The highest BCUT2D eigenvalue weighted by Gasteiger charge is 2.17. The summed E-state index contributed by atoms with van der Waals surface area (Å²) in [6.07, 6.45) is 9.76. The lowest BCUT2D eigenvalue weighted by molar-refractivity contribution is 0.454. The van der Waals surface area contributed by atoms with E-state index in [-0.39, 0.29) is 24.8 Å². The van der Waals surface area contributed by atoms with Crippen LogP contribution in [0.5, 0.6) is 0 Å². The Labute approximate surface area is 326 Å². The van der Waals surface area contributed by atoms with Crippen molar-refractivity contribution in [2.45, 2.75) is 25.2 Å². The molecule has 6 heterocycles. The number of fused-ring (bicyclic) bond motifs is 4. The van der Waals surface area contributed by atoms with E-state index in [1.807, 2.05) is 35.7 Å². The number of aryl methyl sites for hydroxylation is 2. The minimum Gasteiger partial charge on any atom is -0.317 e. The van der Waals surface area contributed by atoms with E-state index < -0.39 is 0 Å². The van der Waals surface area contributed by atoms with E-state index in [4.69, 9.17) is 4.98 Å². The first-order valence-corrected chi connectivity index (χ1v) is 18.2. The van der Waals surface area contributed by atoms with Gasteiger partial charge in [0.2, 0.25) is 0 Å². The maximum Gasteiger partial charge on any atom is 0.0936 e. The Morgan fingerprint density at radius 2 is 1.17 bits per heavy atom. The Morgan fingerprint density at radius 3 is 1.87 bits per heavy atom. The summed E-state index contributed by atoms with van der Waals surface area (Å²) in [5, 5.41) is 29.2. The van der Waals surface area contributed by atoms with Crippen molar-refractivity contribution in [3.05, 3.63) is 121 Å². The van der Waals surface area contributed by atoms with Gasteiger partial charge in [0.15, 0.2) is 0 Å². The maximum absolute atomic E-state index is 4.95. The van der Waals surface area contributed by atoms with Gasteiger partial charge in [0, 0.05) is 71.8 Å². The average Bonchev–Trinajstić information content (AvgIpc) is 3.77. The lowest BCUT2D eigenvalue weighted by atomic mass is 9.93. The number of nitrogens with zero attached hydrogens (tertiary/aromatic N) is 7. The number of hydrogen-bond acceptors (Lipinski definition) is 7. The number of hydrogen-bond donors (Lipinski definition) is 2. The molecule has 0 amide bonds. The van der Waals surface area contributed by atoms with Gasteiger partial charge in [-0.25, -0.2) is 0 Å². The van der Waals surface area contributed by atoms with Gasteiger partial charge >= 0.3 is 0 Å². The third-order valence-electron chi connectivity index (χ3n) is 10.4. The van der Waals surface area contributed by atoms with Gasteiger partial charge in [-0.2, -0.15) is 10.2 Å². The van der Waals surface area contributed by atoms with Crippen molar-refractivity contribution in [3.63, 3.8) is 0 Å². The summed E-state index contributed by atoms with van der Waals surface area (Å²) < 4.78 is 3.69. The summed E-state index contributed by atoms with van der Waals surface area (Å²) in [5.74, 6) is 0.591. The van der Waals surface area contributed by atoms with Crippen molar-refractivity contribution < 1.29 is 0 Å². The average molecular weight is 757 g/mol. The number of rotatable bonds is 4. The van der Waals surface area contributed by atoms with E-state index in [9.17, 15) is 0 Å². The van der Waals surface area contributed by atoms with E-state index in [1.165, 1.54) is 51.6 Å². The van der Waals surface area contributed by atoms with Crippen LogP contribution in [0.15, 0.2) is 109 Å². The molecule has 0 atom stereocenters. The number of nitrogens with one attached hydrogen (secondary N) is 2. The Kier molecular flexibility index (Phi) is 11.0. The minimum absolute atomic E-state index is 0. The second-order valence-corrected chi connectivity index (χ2v) is 14.0.